The van der Waals surface area contributed by atoms with Crippen molar-refractivity contribution in [2.24, 2.45) is 0 Å². The van der Waals surface area contributed by atoms with Gasteiger partial charge >= 0.3 is 0 Å². The number of benzene rings is 2. The molecule has 20 heavy (non-hydrogen) atoms. The molecule has 0 aliphatic carbocycles. The first-order chi connectivity index (χ1) is 9.59. The maximum atomic E-state index is 11.0. The average Bonchev–Trinajstić information content (AvgIpc) is 2.49. The topological polar surface area (TPSA) is 29.5 Å². The lowest BCUT2D eigenvalue weighted by Crippen LogP contribution is -2.28. The van der Waals surface area contributed by atoms with Crippen molar-refractivity contribution in [3.63, 3.8) is 0 Å². The van der Waals surface area contributed by atoms with E-state index in [4.69, 9.17) is 4.74 Å². The molecule has 0 aromatic heterocycles. The standard InChI is InChI=1S/C18H20O2/c1-4-17(14-8-6-5-7-9-14)18(2,19)15-10-12-16(20-3)13-11-15/h4-13,17,19H,1H2,2-3H3/t17-,18+/m0/s1. The Morgan fingerprint density at radius 3 is 2.20 bits per heavy atom. The third-order valence-corrected chi connectivity index (χ3v) is 3.67. The summed E-state index contributed by atoms with van der Waals surface area (Å²) < 4.78 is 5.15. The molecule has 0 spiro atoms. The maximum Gasteiger partial charge on any atom is 0.118 e. The van der Waals surface area contributed by atoms with Gasteiger partial charge in [0.2, 0.25) is 0 Å². The maximum absolute atomic E-state index is 11.0. The zero-order chi connectivity index (χ0) is 14.6. The van der Waals surface area contributed by atoms with Crippen molar-refractivity contribution in [2.45, 2.75) is 18.4 Å². The molecule has 0 aliphatic rings. The van der Waals surface area contributed by atoms with Crippen LogP contribution in [0.25, 0.3) is 0 Å². The van der Waals surface area contributed by atoms with Crippen molar-refractivity contribution < 1.29 is 9.84 Å². The molecule has 0 unspecified atom stereocenters. The fourth-order valence-corrected chi connectivity index (χ4v) is 2.46. The Kier molecular flexibility index (Phi) is 4.26. The molecule has 2 heteroatoms. The van der Waals surface area contributed by atoms with Crippen molar-refractivity contribution in [1.29, 1.82) is 0 Å². The molecular weight excluding hydrogens is 248 g/mol. The lowest BCUT2D eigenvalue weighted by atomic mass is 9.79. The molecule has 0 radical (unpaired) electrons. The van der Waals surface area contributed by atoms with Gasteiger partial charge in [-0.15, -0.1) is 6.58 Å². The van der Waals surface area contributed by atoms with Crippen LogP contribution in [0, 0.1) is 0 Å². The number of hydrogen-bond acceptors (Lipinski definition) is 2. The Bertz CT molecular complexity index is 556. The van der Waals surface area contributed by atoms with Gasteiger partial charge in [0.25, 0.3) is 0 Å². The first kappa shape index (κ1) is 14.4. The molecule has 0 heterocycles. The number of methoxy groups -OCH3 is 1. The summed E-state index contributed by atoms with van der Waals surface area (Å²) in [6.07, 6.45) is 1.79. The number of rotatable bonds is 5. The summed E-state index contributed by atoms with van der Waals surface area (Å²) in [6, 6.07) is 17.4. The minimum atomic E-state index is -1.02. The molecular formula is C18H20O2. The summed E-state index contributed by atoms with van der Waals surface area (Å²) in [5, 5.41) is 11.0. The molecule has 0 fully saturated rings. The molecule has 2 nitrogen and oxygen atoms in total. The van der Waals surface area contributed by atoms with Crippen molar-refractivity contribution in [1.82, 2.24) is 0 Å². The third kappa shape index (κ3) is 2.75. The van der Waals surface area contributed by atoms with E-state index in [1.807, 2.05) is 61.5 Å². The number of aliphatic hydroxyl groups is 1. The highest BCUT2D eigenvalue weighted by atomic mass is 16.5. The van der Waals surface area contributed by atoms with Crippen LogP contribution in [0.3, 0.4) is 0 Å². The Labute approximate surface area is 120 Å². The second-order valence-electron chi connectivity index (χ2n) is 5.00. The van der Waals surface area contributed by atoms with Crippen molar-refractivity contribution in [2.75, 3.05) is 7.11 Å². The van der Waals surface area contributed by atoms with Gasteiger partial charge in [0.1, 0.15) is 5.75 Å². The lowest BCUT2D eigenvalue weighted by Gasteiger charge is -2.32. The predicted octanol–water partition coefficient (Wildman–Crippen LogP) is 3.87. The van der Waals surface area contributed by atoms with Crippen LogP contribution in [-0.4, -0.2) is 12.2 Å². The highest BCUT2D eigenvalue weighted by molar-refractivity contribution is 5.36. The predicted molar refractivity (Wildman–Crippen MR) is 81.9 cm³/mol. The molecule has 1 N–H and O–H groups in total. The van der Waals surface area contributed by atoms with Gasteiger partial charge < -0.3 is 9.84 Å². The largest absolute Gasteiger partial charge is 0.497 e. The minimum absolute atomic E-state index is 0.169. The molecule has 0 saturated heterocycles. The summed E-state index contributed by atoms with van der Waals surface area (Å²) in [5.74, 6) is 0.608. The fourth-order valence-electron chi connectivity index (χ4n) is 2.46. The first-order valence-corrected chi connectivity index (χ1v) is 6.64. The van der Waals surface area contributed by atoms with Gasteiger partial charge in [0.05, 0.1) is 12.7 Å². The van der Waals surface area contributed by atoms with Gasteiger partial charge in [-0.1, -0.05) is 48.5 Å². The van der Waals surface area contributed by atoms with Crippen LogP contribution in [0.5, 0.6) is 5.75 Å². The summed E-state index contributed by atoms with van der Waals surface area (Å²) >= 11 is 0. The van der Waals surface area contributed by atoms with E-state index in [0.29, 0.717) is 0 Å². The molecule has 2 aromatic rings. The van der Waals surface area contributed by atoms with Gasteiger partial charge in [-0.25, -0.2) is 0 Å². The van der Waals surface area contributed by atoms with Crippen molar-refractivity contribution in [3.05, 3.63) is 78.4 Å². The second kappa shape index (κ2) is 5.93. The van der Waals surface area contributed by atoms with Crippen LogP contribution in [0.1, 0.15) is 24.0 Å². The van der Waals surface area contributed by atoms with Crippen LogP contribution in [0.15, 0.2) is 67.3 Å². The highest BCUT2D eigenvalue weighted by Crippen LogP contribution is 2.37. The first-order valence-electron chi connectivity index (χ1n) is 6.64. The summed E-state index contributed by atoms with van der Waals surface area (Å²) in [5.41, 5.74) is 0.866. The van der Waals surface area contributed by atoms with Crippen LogP contribution in [0.4, 0.5) is 0 Å². The van der Waals surface area contributed by atoms with Gasteiger partial charge in [-0.2, -0.15) is 0 Å². The molecule has 2 aromatic carbocycles. The Morgan fingerprint density at radius 2 is 1.70 bits per heavy atom. The molecule has 2 rings (SSSR count). The van der Waals surface area contributed by atoms with Gasteiger partial charge in [0.15, 0.2) is 0 Å². The molecule has 104 valence electrons. The van der Waals surface area contributed by atoms with E-state index in [1.54, 1.807) is 13.2 Å². The average molecular weight is 268 g/mol. The van der Waals surface area contributed by atoms with E-state index in [0.717, 1.165) is 16.9 Å². The van der Waals surface area contributed by atoms with Crippen LogP contribution in [-0.2, 0) is 5.60 Å². The van der Waals surface area contributed by atoms with E-state index < -0.39 is 5.60 Å². The van der Waals surface area contributed by atoms with Gasteiger partial charge in [-0.05, 0) is 30.2 Å². The van der Waals surface area contributed by atoms with E-state index >= 15 is 0 Å². The van der Waals surface area contributed by atoms with E-state index in [2.05, 4.69) is 6.58 Å². The van der Waals surface area contributed by atoms with Gasteiger partial charge in [-0.3, -0.25) is 0 Å². The third-order valence-electron chi connectivity index (χ3n) is 3.67. The number of ether oxygens (including phenoxy) is 1. The molecule has 0 aliphatic heterocycles. The molecule has 0 saturated carbocycles. The van der Waals surface area contributed by atoms with Crippen molar-refractivity contribution in [3.8, 4) is 5.75 Å². The monoisotopic (exact) mass is 268 g/mol. The van der Waals surface area contributed by atoms with Crippen LogP contribution >= 0.6 is 0 Å². The summed E-state index contributed by atoms with van der Waals surface area (Å²) in [4.78, 5) is 0. The normalized spacial score (nSPS) is 15.2. The van der Waals surface area contributed by atoms with Crippen LogP contribution < -0.4 is 4.74 Å². The summed E-state index contributed by atoms with van der Waals surface area (Å²) in [7, 11) is 1.63. The van der Waals surface area contributed by atoms with E-state index in [9.17, 15) is 5.11 Å². The SMILES string of the molecule is C=C[C@@H](c1ccccc1)[C@](C)(O)c1ccc(OC)cc1. The Balaban J connectivity index is 2.38. The Morgan fingerprint density at radius 1 is 1.10 bits per heavy atom. The fraction of sp³-hybridized carbons (Fsp3) is 0.222. The minimum Gasteiger partial charge on any atom is -0.497 e. The van der Waals surface area contributed by atoms with Gasteiger partial charge in [0, 0.05) is 5.92 Å². The quantitative estimate of drug-likeness (QED) is 0.834. The van der Waals surface area contributed by atoms with E-state index in [1.165, 1.54) is 0 Å². The zero-order valence-electron chi connectivity index (χ0n) is 11.9. The smallest absolute Gasteiger partial charge is 0.118 e. The zero-order valence-corrected chi connectivity index (χ0v) is 11.9. The second-order valence-corrected chi connectivity index (χ2v) is 5.00. The summed E-state index contributed by atoms with van der Waals surface area (Å²) in [6.45, 7) is 5.69. The molecule has 0 bridgehead atoms. The Hall–Kier alpha value is -2.06. The van der Waals surface area contributed by atoms with E-state index in [-0.39, 0.29) is 5.92 Å². The highest BCUT2D eigenvalue weighted by Gasteiger charge is 2.32. The van der Waals surface area contributed by atoms with Crippen molar-refractivity contribution >= 4 is 0 Å². The van der Waals surface area contributed by atoms with Crippen LogP contribution in [0.2, 0.25) is 0 Å². The molecule has 2 atom stereocenters. The lowest BCUT2D eigenvalue weighted by molar-refractivity contribution is 0.0417. The molecule has 0 amide bonds. The number of hydrogen-bond donors (Lipinski definition) is 1.